The highest BCUT2D eigenvalue weighted by Crippen LogP contribution is 2.20. The summed E-state index contributed by atoms with van der Waals surface area (Å²) < 4.78 is 5.86. The van der Waals surface area contributed by atoms with Crippen molar-refractivity contribution >= 4 is 17.8 Å². The third kappa shape index (κ3) is 5.92. The van der Waals surface area contributed by atoms with Gasteiger partial charge in [-0.3, -0.25) is 0 Å². The summed E-state index contributed by atoms with van der Waals surface area (Å²) in [4.78, 5) is 13.9. The number of hydrogen-bond donors (Lipinski definition) is 1. The fraction of sp³-hybridized carbons (Fsp3) is 0.933. The van der Waals surface area contributed by atoms with Crippen LogP contribution in [0.15, 0.2) is 0 Å². The van der Waals surface area contributed by atoms with Crippen molar-refractivity contribution in [1.82, 2.24) is 10.2 Å². The predicted molar refractivity (Wildman–Crippen MR) is 84.4 cm³/mol. The molecule has 0 radical (unpaired) electrons. The Kier molecular flexibility index (Phi) is 7.58. The third-order valence-corrected chi connectivity index (χ3v) is 5.06. The molecule has 1 heterocycles. The normalized spacial score (nSPS) is 21.5. The van der Waals surface area contributed by atoms with Crippen molar-refractivity contribution in [1.29, 1.82) is 0 Å². The predicted octanol–water partition coefficient (Wildman–Crippen LogP) is 2.87. The molecule has 1 aliphatic carbocycles. The molecule has 0 aromatic rings. The van der Waals surface area contributed by atoms with E-state index in [2.05, 4.69) is 5.32 Å². The van der Waals surface area contributed by atoms with E-state index in [1.807, 2.05) is 16.7 Å². The van der Waals surface area contributed by atoms with E-state index in [-0.39, 0.29) is 6.03 Å². The number of nitrogens with one attached hydrogen (secondary N) is 1. The summed E-state index contributed by atoms with van der Waals surface area (Å²) in [5, 5.41) is 3.02. The van der Waals surface area contributed by atoms with Crippen LogP contribution in [-0.4, -0.2) is 54.8 Å². The molecule has 2 rings (SSSR count). The molecule has 0 atom stereocenters. The Bertz CT molecular complexity index is 275. The van der Waals surface area contributed by atoms with Crippen molar-refractivity contribution in [2.24, 2.45) is 0 Å². The Labute approximate surface area is 127 Å². The summed E-state index contributed by atoms with van der Waals surface area (Å²) >= 11 is 1.94. The van der Waals surface area contributed by atoms with Gasteiger partial charge in [-0.25, -0.2) is 4.79 Å². The van der Waals surface area contributed by atoms with Gasteiger partial charge in [-0.1, -0.05) is 19.3 Å². The number of ether oxygens (including phenoxy) is 1. The van der Waals surface area contributed by atoms with E-state index >= 15 is 0 Å². The lowest BCUT2D eigenvalue weighted by molar-refractivity contribution is 0.0274. The Morgan fingerprint density at radius 1 is 1.15 bits per heavy atom. The minimum atomic E-state index is 0.102. The Morgan fingerprint density at radius 2 is 2.00 bits per heavy atom. The van der Waals surface area contributed by atoms with Crippen LogP contribution in [0.25, 0.3) is 0 Å². The van der Waals surface area contributed by atoms with Crippen molar-refractivity contribution < 1.29 is 9.53 Å². The Balaban J connectivity index is 1.50. The summed E-state index contributed by atoms with van der Waals surface area (Å²) in [6.07, 6.45) is 8.94. The van der Waals surface area contributed by atoms with E-state index in [1.165, 1.54) is 37.9 Å². The van der Waals surface area contributed by atoms with Gasteiger partial charge in [-0.15, -0.1) is 0 Å². The van der Waals surface area contributed by atoms with Crippen LogP contribution in [0.1, 0.15) is 44.9 Å². The molecule has 5 heteroatoms. The maximum Gasteiger partial charge on any atom is 0.317 e. The van der Waals surface area contributed by atoms with Crippen molar-refractivity contribution in [2.75, 3.05) is 37.7 Å². The van der Waals surface area contributed by atoms with Crippen molar-refractivity contribution in [3.63, 3.8) is 0 Å². The lowest BCUT2D eigenvalue weighted by atomic mass is 9.98. The van der Waals surface area contributed by atoms with E-state index in [0.717, 1.165) is 44.8 Å². The van der Waals surface area contributed by atoms with E-state index < -0.39 is 0 Å². The van der Waals surface area contributed by atoms with Gasteiger partial charge < -0.3 is 15.0 Å². The number of carbonyl (C=O) groups excluding carboxylic acids is 1. The maximum absolute atomic E-state index is 12.0. The van der Waals surface area contributed by atoms with E-state index in [4.69, 9.17) is 4.74 Å². The van der Waals surface area contributed by atoms with Gasteiger partial charge in [0.25, 0.3) is 0 Å². The summed E-state index contributed by atoms with van der Waals surface area (Å²) in [5.41, 5.74) is 0. The van der Waals surface area contributed by atoms with Gasteiger partial charge in [0.2, 0.25) is 0 Å². The summed E-state index contributed by atoms with van der Waals surface area (Å²) in [5.74, 6) is 2.25. The second-order valence-corrected chi connectivity index (χ2v) is 6.89. The van der Waals surface area contributed by atoms with Gasteiger partial charge >= 0.3 is 6.03 Å². The average Bonchev–Trinajstić information content (AvgIpc) is 2.77. The summed E-state index contributed by atoms with van der Waals surface area (Å²) in [7, 11) is 0. The number of amides is 2. The zero-order valence-electron chi connectivity index (χ0n) is 12.4. The minimum absolute atomic E-state index is 0.102. The third-order valence-electron chi connectivity index (χ3n) is 4.01. The number of carbonyl (C=O) groups is 1. The molecular formula is C15H28N2O2S. The van der Waals surface area contributed by atoms with Crippen LogP contribution in [0, 0.1) is 0 Å². The van der Waals surface area contributed by atoms with Crippen LogP contribution < -0.4 is 5.32 Å². The smallest absolute Gasteiger partial charge is 0.317 e. The topological polar surface area (TPSA) is 41.6 Å². The molecule has 0 spiro atoms. The van der Waals surface area contributed by atoms with Gasteiger partial charge in [0.15, 0.2) is 0 Å². The van der Waals surface area contributed by atoms with Crippen LogP contribution in [0.4, 0.5) is 4.79 Å². The molecule has 116 valence electrons. The molecule has 2 aliphatic rings. The molecule has 1 saturated heterocycles. The number of thioether (sulfide) groups is 1. The highest BCUT2D eigenvalue weighted by atomic mass is 32.2. The molecule has 1 N–H and O–H groups in total. The first-order valence-corrected chi connectivity index (χ1v) is 9.24. The van der Waals surface area contributed by atoms with Gasteiger partial charge in [-0.2, -0.15) is 11.8 Å². The molecule has 0 unspecified atom stereocenters. The van der Waals surface area contributed by atoms with Gasteiger partial charge in [0.1, 0.15) is 0 Å². The first-order chi connectivity index (χ1) is 9.86. The lowest BCUT2D eigenvalue weighted by Gasteiger charge is -2.22. The van der Waals surface area contributed by atoms with Crippen molar-refractivity contribution in [3.05, 3.63) is 0 Å². The highest BCUT2D eigenvalue weighted by Gasteiger charge is 2.15. The van der Waals surface area contributed by atoms with E-state index in [1.54, 1.807) is 0 Å². The number of nitrogens with zero attached hydrogens (tertiary/aromatic N) is 1. The fourth-order valence-electron chi connectivity index (χ4n) is 2.81. The largest absolute Gasteiger partial charge is 0.378 e. The second kappa shape index (κ2) is 9.50. The van der Waals surface area contributed by atoms with Crippen LogP contribution in [-0.2, 0) is 4.74 Å². The van der Waals surface area contributed by atoms with Crippen molar-refractivity contribution in [3.8, 4) is 0 Å². The molecule has 0 aromatic heterocycles. The molecule has 2 fully saturated rings. The maximum atomic E-state index is 12.0. The van der Waals surface area contributed by atoms with Crippen LogP contribution >= 0.6 is 11.8 Å². The number of hydrogen-bond acceptors (Lipinski definition) is 3. The molecule has 4 nitrogen and oxygen atoms in total. The fourth-order valence-corrected chi connectivity index (χ4v) is 3.70. The SMILES string of the molecule is O=C(NCCCOC1CCCCC1)N1CCCSCC1. The zero-order valence-corrected chi connectivity index (χ0v) is 13.3. The van der Waals surface area contributed by atoms with Gasteiger partial charge in [-0.05, 0) is 31.4 Å². The Hall–Kier alpha value is -0.420. The van der Waals surface area contributed by atoms with Crippen molar-refractivity contribution in [2.45, 2.75) is 51.0 Å². The summed E-state index contributed by atoms with van der Waals surface area (Å²) in [6.45, 7) is 3.29. The van der Waals surface area contributed by atoms with Gasteiger partial charge in [0.05, 0.1) is 6.10 Å². The molecule has 2 amide bonds. The van der Waals surface area contributed by atoms with Crippen LogP contribution in [0.5, 0.6) is 0 Å². The molecule has 0 aromatic carbocycles. The first-order valence-electron chi connectivity index (χ1n) is 8.08. The highest BCUT2D eigenvalue weighted by molar-refractivity contribution is 7.99. The van der Waals surface area contributed by atoms with Gasteiger partial charge in [0, 0.05) is 32.0 Å². The molecule has 1 aliphatic heterocycles. The zero-order chi connectivity index (χ0) is 14.0. The van der Waals surface area contributed by atoms with Crippen LogP contribution in [0.2, 0.25) is 0 Å². The average molecular weight is 300 g/mol. The molecule has 1 saturated carbocycles. The monoisotopic (exact) mass is 300 g/mol. The molecule has 20 heavy (non-hydrogen) atoms. The second-order valence-electron chi connectivity index (χ2n) is 5.67. The number of rotatable bonds is 5. The Morgan fingerprint density at radius 3 is 2.85 bits per heavy atom. The molecular weight excluding hydrogens is 272 g/mol. The van der Waals surface area contributed by atoms with Crippen LogP contribution in [0.3, 0.4) is 0 Å². The standard InChI is InChI=1S/C15H28N2O2S/c18-15(17-9-5-12-20-13-10-17)16-8-4-11-19-14-6-2-1-3-7-14/h14H,1-13H2,(H,16,18). The summed E-state index contributed by atoms with van der Waals surface area (Å²) in [6, 6.07) is 0.102. The molecule has 0 bridgehead atoms. The first kappa shape index (κ1) is 16.0. The lowest BCUT2D eigenvalue weighted by Crippen LogP contribution is -2.41. The minimum Gasteiger partial charge on any atom is -0.378 e. The van der Waals surface area contributed by atoms with E-state index in [0.29, 0.717) is 6.10 Å². The quantitative estimate of drug-likeness (QED) is 0.794. The van der Waals surface area contributed by atoms with E-state index in [9.17, 15) is 4.79 Å². The number of urea groups is 1.